The van der Waals surface area contributed by atoms with Gasteiger partial charge in [0, 0.05) is 19.6 Å². The predicted octanol–water partition coefficient (Wildman–Crippen LogP) is 1.01. The van der Waals surface area contributed by atoms with Crippen LogP contribution in [-0.4, -0.2) is 62.7 Å². The minimum absolute atomic E-state index is 0.566. The first-order chi connectivity index (χ1) is 7.68. The zero-order valence-electron chi connectivity index (χ0n) is 11.0. The van der Waals surface area contributed by atoms with Crippen LogP contribution in [0.2, 0.25) is 0 Å². The molecule has 0 aromatic carbocycles. The van der Waals surface area contributed by atoms with Crippen molar-refractivity contribution in [3.63, 3.8) is 0 Å². The molecule has 0 radical (unpaired) electrons. The fourth-order valence-electron chi connectivity index (χ4n) is 2.92. The van der Waals surface area contributed by atoms with Crippen molar-refractivity contribution in [2.75, 3.05) is 52.9 Å². The van der Waals surface area contributed by atoms with Gasteiger partial charge < -0.3 is 15.1 Å². The summed E-state index contributed by atoms with van der Waals surface area (Å²) in [5.41, 5.74) is 0.566. The Labute approximate surface area is 100 Å². The summed E-state index contributed by atoms with van der Waals surface area (Å²) in [7, 11) is 2.25. The molecular formula is C13H27N3. The highest BCUT2D eigenvalue weighted by Crippen LogP contribution is 2.31. The molecule has 3 nitrogen and oxygen atoms in total. The second kappa shape index (κ2) is 5.48. The molecule has 0 unspecified atom stereocenters. The van der Waals surface area contributed by atoms with Crippen LogP contribution in [0.5, 0.6) is 0 Å². The van der Waals surface area contributed by atoms with E-state index >= 15 is 0 Å². The summed E-state index contributed by atoms with van der Waals surface area (Å²) >= 11 is 0. The molecule has 0 atom stereocenters. The third-order valence-electron chi connectivity index (χ3n) is 4.23. The summed E-state index contributed by atoms with van der Waals surface area (Å²) in [5, 5.41) is 3.48. The molecule has 0 saturated carbocycles. The first-order valence-corrected chi connectivity index (χ1v) is 6.80. The monoisotopic (exact) mass is 225 g/mol. The van der Waals surface area contributed by atoms with Gasteiger partial charge in [0.1, 0.15) is 0 Å². The van der Waals surface area contributed by atoms with E-state index in [0.29, 0.717) is 5.41 Å². The number of piperidine rings is 1. The Hall–Kier alpha value is -0.120. The van der Waals surface area contributed by atoms with Crippen molar-refractivity contribution in [1.29, 1.82) is 0 Å². The standard InChI is InChI=1S/C13H27N3/c1-13(4-9-15(2)10-5-13)12-16-8-3-6-14-7-11-16/h14H,3-12H2,1-2H3. The fraction of sp³-hybridized carbons (Fsp3) is 1.00. The van der Waals surface area contributed by atoms with Gasteiger partial charge in [0.2, 0.25) is 0 Å². The molecule has 1 N–H and O–H groups in total. The first kappa shape index (κ1) is 12.3. The lowest BCUT2D eigenvalue weighted by Crippen LogP contribution is -2.44. The van der Waals surface area contributed by atoms with Crippen molar-refractivity contribution < 1.29 is 0 Å². The first-order valence-electron chi connectivity index (χ1n) is 6.80. The molecule has 0 aliphatic carbocycles. The van der Waals surface area contributed by atoms with Crippen LogP contribution in [0.1, 0.15) is 26.2 Å². The van der Waals surface area contributed by atoms with E-state index in [1.807, 2.05) is 0 Å². The summed E-state index contributed by atoms with van der Waals surface area (Å²) < 4.78 is 0. The van der Waals surface area contributed by atoms with Gasteiger partial charge in [0.05, 0.1) is 0 Å². The van der Waals surface area contributed by atoms with Crippen molar-refractivity contribution in [3.05, 3.63) is 0 Å². The van der Waals surface area contributed by atoms with Gasteiger partial charge in [-0.15, -0.1) is 0 Å². The average Bonchev–Trinajstić information content (AvgIpc) is 2.51. The van der Waals surface area contributed by atoms with Crippen LogP contribution in [0, 0.1) is 5.41 Å². The highest BCUT2D eigenvalue weighted by Gasteiger charge is 2.30. The molecule has 2 rings (SSSR count). The lowest BCUT2D eigenvalue weighted by atomic mass is 9.80. The van der Waals surface area contributed by atoms with Gasteiger partial charge in [-0.3, -0.25) is 0 Å². The maximum absolute atomic E-state index is 3.48. The molecule has 2 fully saturated rings. The Bertz CT molecular complexity index is 201. The molecule has 3 heteroatoms. The van der Waals surface area contributed by atoms with Crippen LogP contribution >= 0.6 is 0 Å². The molecule has 0 bridgehead atoms. The zero-order valence-corrected chi connectivity index (χ0v) is 11.0. The van der Waals surface area contributed by atoms with Gasteiger partial charge in [-0.25, -0.2) is 0 Å². The summed E-state index contributed by atoms with van der Waals surface area (Å²) in [5.74, 6) is 0. The molecule has 0 spiro atoms. The number of rotatable bonds is 2. The highest BCUT2D eigenvalue weighted by molar-refractivity contribution is 4.85. The summed E-state index contributed by atoms with van der Waals surface area (Å²) in [6, 6.07) is 0. The van der Waals surface area contributed by atoms with Gasteiger partial charge in [-0.05, 0) is 57.9 Å². The molecule has 2 aliphatic rings. The topological polar surface area (TPSA) is 18.5 Å². The Kier molecular flexibility index (Phi) is 4.22. The van der Waals surface area contributed by atoms with Gasteiger partial charge in [0.15, 0.2) is 0 Å². The maximum Gasteiger partial charge on any atom is 0.0107 e. The smallest absolute Gasteiger partial charge is 0.0107 e. The fourth-order valence-corrected chi connectivity index (χ4v) is 2.92. The van der Waals surface area contributed by atoms with Crippen LogP contribution in [-0.2, 0) is 0 Å². The van der Waals surface area contributed by atoms with Crippen molar-refractivity contribution in [1.82, 2.24) is 15.1 Å². The Morgan fingerprint density at radius 1 is 1.06 bits per heavy atom. The molecule has 94 valence electrons. The Morgan fingerprint density at radius 3 is 2.56 bits per heavy atom. The number of nitrogens with one attached hydrogen (secondary N) is 1. The second-order valence-corrected chi connectivity index (χ2v) is 5.99. The Morgan fingerprint density at radius 2 is 1.81 bits per heavy atom. The minimum Gasteiger partial charge on any atom is -0.315 e. The van der Waals surface area contributed by atoms with E-state index in [9.17, 15) is 0 Å². The van der Waals surface area contributed by atoms with Crippen molar-refractivity contribution >= 4 is 0 Å². The van der Waals surface area contributed by atoms with Crippen LogP contribution in [0.4, 0.5) is 0 Å². The van der Waals surface area contributed by atoms with Crippen LogP contribution < -0.4 is 5.32 Å². The lowest BCUT2D eigenvalue weighted by molar-refractivity contribution is 0.0894. The summed E-state index contributed by atoms with van der Waals surface area (Å²) in [6.45, 7) is 11.3. The number of nitrogens with zero attached hydrogens (tertiary/aromatic N) is 2. The quantitative estimate of drug-likeness (QED) is 0.757. The van der Waals surface area contributed by atoms with Crippen molar-refractivity contribution in [2.45, 2.75) is 26.2 Å². The second-order valence-electron chi connectivity index (χ2n) is 5.99. The predicted molar refractivity (Wildman–Crippen MR) is 68.8 cm³/mol. The molecule has 16 heavy (non-hydrogen) atoms. The average molecular weight is 225 g/mol. The number of hydrogen-bond donors (Lipinski definition) is 1. The number of hydrogen-bond acceptors (Lipinski definition) is 3. The van der Waals surface area contributed by atoms with Gasteiger partial charge in [-0.1, -0.05) is 6.92 Å². The van der Waals surface area contributed by atoms with E-state index in [4.69, 9.17) is 0 Å². The van der Waals surface area contributed by atoms with Gasteiger partial charge >= 0.3 is 0 Å². The van der Waals surface area contributed by atoms with E-state index in [1.54, 1.807) is 0 Å². The van der Waals surface area contributed by atoms with Crippen molar-refractivity contribution in [2.24, 2.45) is 5.41 Å². The molecule has 2 aliphatic heterocycles. The van der Waals surface area contributed by atoms with E-state index in [0.717, 1.165) is 0 Å². The number of likely N-dealkylation sites (tertiary alicyclic amines) is 1. The van der Waals surface area contributed by atoms with Crippen molar-refractivity contribution in [3.8, 4) is 0 Å². The van der Waals surface area contributed by atoms with Gasteiger partial charge in [0.25, 0.3) is 0 Å². The summed E-state index contributed by atoms with van der Waals surface area (Å²) in [4.78, 5) is 5.14. The van der Waals surface area contributed by atoms with Crippen LogP contribution in [0.15, 0.2) is 0 Å². The van der Waals surface area contributed by atoms with Crippen LogP contribution in [0.25, 0.3) is 0 Å². The highest BCUT2D eigenvalue weighted by atomic mass is 15.2. The zero-order chi connectivity index (χ0) is 11.4. The minimum atomic E-state index is 0.566. The van der Waals surface area contributed by atoms with Gasteiger partial charge in [-0.2, -0.15) is 0 Å². The maximum atomic E-state index is 3.48. The van der Waals surface area contributed by atoms with Crippen LogP contribution in [0.3, 0.4) is 0 Å². The van der Waals surface area contributed by atoms with E-state index < -0.39 is 0 Å². The third-order valence-corrected chi connectivity index (χ3v) is 4.23. The molecule has 0 aromatic heterocycles. The van der Waals surface area contributed by atoms with E-state index in [-0.39, 0.29) is 0 Å². The Balaban J connectivity index is 1.82. The molecule has 2 heterocycles. The molecule has 2 saturated heterocycles. The van der Waals surface area contributed by atoms with E-state index in [2.05, 4.69) is 29.1 Å². The molecule has 0 amide bonds. The summed E-state index contributed by atoms with van der Waals surface area (Å²) in [6.07, 6.45) is 4.05. The normalized spacial score (nSPS) is 28.9. The molecule has 0 aromatic rings. The molecular weight excluding hydrogens is 198 g/mol. The largest absolute Gasteiger partial charge is 0.315 e. The SMILES string of the molecule is CN1CCC(C)(CN2CCCNCC2)CC1. The lowest BCUT2D eigenvalue weighted by Gasteiger charge is -2.41. The van der Waals surface area contributed by atoms with E-state index in [1.165, 1.54) is 65.1 Å². The third kappa shape index (κ3) is 3.44.